The zero-order valence-electron chi connectivity index (χ0n) is 9.64. The molecule has 0 saturated carbocycles. The fourth-order valence-corrected chi connectivity index (χ4v) is 2.76. The van der Waals surface area contributed by atoms with E-state index in [2.05, 4.69) is 32.3 Å². The van der Waals surface area contributed by atoms with E-state index in [9.17, 15) is 4.79 Å². The molecule has 0 atom stereocenters. The number of carbonyl (C=O) groups is 1. The second-order valence-corrected chi connectivity index (χ2v) is 6.19. The van der Waals surface area contributed by atoms with Gasteiger partial charge < -0.3 is 4.74 Å². The summed E-state index contributed by atoms with van der Waals surface area (Å²) in [6, 6.07) is 9.56. The second kappa shape index (κ2) is 6.14. The molecular formula is C12H11IN2O2S. The van der Waals surface area contributed by atoms with Crippen molar-refractivity contribution < 1.29 is 9.53 Å². The van der Waals surface area contributed by atoms with Gasteiger partial charge in [0, 0.05) is 0 Å². The first-order valence-electron chi connectivity index (χ1n) is 5.26. The van der Waals surface area contributed by atoms with Crippen LogP contribution in [-0.2, 0) is 11.3 Å². The molecule has 2 rings (SSSR count). The number of rotatable bonds is 3. The lowest BCUT2D eigenvalue weighted by molar-refractivity contribution is 0.155. The maximum atomic E-state index is 11.6. The molecule has 18 heavy (non-hydrogen) atoms. The molecule has 0 radical (unpaired) electrons. The first kappa shape index (κ1) is 13.3. The van der Waals surface area contributed by atoms with Crippen LogP contribution in [0, 0.1) is 9.81 Å². The van der Waals surface area contributed by atoms with Crippen LogP contribution in [0.2, 0.25) is 0 Å². The molecule has 0 bridgehead atoms. The van der Waals surface area contributed by atoms with Gasteiger partial charge in [0.15, 0.2) is 0 Å². The Morgan fingerprint density at radius 1 is 1.44 bits per heavy atom. The molecule has 0 aliphatic carbocycles. The van der Waals surface area contributed by atoms with Crippen molar-refractivity contribution in [2.75, 3.05) is 5.32 Å². The predicted molar refractivity (Wildman–Crippen MR) is 79.8 cm³/mol. The Morgan fingerprint density at radius 3 is 2.78 bits per heavy atom. The molecule has 1 N–H and O–H groups in total. The summed E-state index contributed by atoms with van der Waals surface area (Å²) < 4.78 is 10.2. The molecule has 1 aromatic carbocycles. The minimum atomic E-state index is -0.458. The average molecular weight is 374 g/mol. The molecule has 0 fully saturated rings. The van der Waals surface area contributed by atoms with E-state index in [0.29, 0.717) is 0 Å². The van der Waals surface area contributed by atoms with Crippen molar-refractivity contribution in [3.8, 4) is 0 Å². The van der Waals surface area contributed by atoms with E-state index in [1.165, 1.54) is 11.5 Å². The molecule has 4 nitrogen and oxygen atoms in total. The van der Waals surface area contributed by atoms with Gasteiger partial charge in [-0.05, 0) is 46.6 Å². The van der Waals surface area contributed by atoms with E-state index >= 15 is 0 Å². The van der Waals surface area contributed by atoms with Crippen LogP contribution in [-0.4, -0.2) is 10.5 Å². The maximum absolute atomic E-state index is 11.6. The monoisotopic (exact) mass is 374 g/mol. The molecule has 0 spiro atoms. The van der Waals surface area contributed by atoms with Gasteiger partial charge in [0.1, 0.15) is 9.49 Å². The van der Waals surface area contributed by atoms with Gasteiger partial charge in [0.2, 0.25) is 0 Å². The van der Waals surface area contributed by atoms with E-state index in [1.807, 2.05) is 37.3 Å². The predicted octanol–water partition coefficient (Wildman–Crippen LogP) is 3.80. The van der Waals surface area contributed by atoms with Gasteiger partial charge in [-0.25, -0.2) is 4.79 Å². The van der Waals surface area contributed by atoms with Gasteiger partial charge in [-0.1, -0.05) is 30.3 Å². The van der Waals surface area contributed by atoms with Crippen LogP contribution in [0.1, 0.15) is 11.3 Å². The van der Waals surface area contributed by atoms with Crippen LogP contribution < -0.4 is 5.32 Å². The molecule has 6 heteroatoms. The number of nitrogens with zero attached hydrogens (tertiary/aromatic N) is 1. The standard InChI is InChI=1S/C12H11IN2O2S/c1-8-10(11(13)18-15-8)14-12(16)17-7-9-5-3-2-4-6-9/h2-6H,7H2,1H3,(H,14,16). The van der Waals surface area contributed by atoms with E-state index in [-0.39, 0.29) is 6.61 Å². The number of hydrogen-bond acceptors (Lipinski definition) is 4. The van der Waals surface area contributed by atoms with Crippen molar-refractivity contribution in [1.82, 2.24) is 4.37 Å². The lowest BCUT2D eigenvalue weighted by Crippen LogP contribution is -2.14. The quantitative estimate of drug-likeness (QED) is 0.832. The summed E-state index contributed by atoms with van der Waals surface area (Å²) in [5.41, 5.74) is 2.50. The van der Waals surface area contributed by atoms with E-state index in [0.717, 1.165) is 19.8 Å². The molecule has 1 amide bonds. The third kappa shape index (κ3) is 3.42. The highest BCUT2D eigenvalue weighted by atomic mass is 127. The van der Waals surface area contributed by atoms with Gasteiger partial charge in [0.25, 0.3) is 0 Å². The number of nitrogens with one attached hydrogen (secondary N) is 1. The van der Waals surface area contributed by atoms with Crippen LogP contribution in [0.25, 0.3) is 0 Å². The van der Waals surface area contributed by atoms with Gasteiger partial charge >= 0.3 is 6.09 Å². The second-order valence-electron chi connectivity index (χ2n) is 3.60. The van der Waals surface area contributed by atoms with E-state index < -0.39 is 6.09 Å². The average Bonchev–Trinajstić information content (AvgIpc) is 2.69. The SMILES string of the molecule is Cc1nsc(I)c1NC(=O)OCc1ccccc1. The minimum absolute atomic E-state index is 0.264. The van der Waals surface area contributed by atoms with Crippen molar-refractivity contribution >= 4 is 45.9 Å². The van der Waals surface area contributed by atoms with Crippen molar-refractivity contribution in [2.24, 2.45) is 0 Å². The van der Waals surface area contributed by atoms with Crippen LogP contribution >= 0.6 is 34.1 Å². The lowest BCUT2D eigenvalue weighted by Gasteiger charge is -2.06. The molecule has 0 unspecified atom stereocenters. The summed E-state index contributed by atoms with van der Waals surface area (Å²) in [6.45, 7) is 2.12. The van der Waals surface area contributed by atoms with Crippen LogP contribution in [0.3, 0.4) is 0 Å². The summed E-state index contributed by atoms with van der Waals surface area (Å²) in [5, 5.41) is 2.71. The normalized spacial score (nSPS) is 10.1. The Hall–Kier alpha value is -1.15. The van der Waals surface area contributed by atoms with Crippen molar-refractivity contribution in [2.45, 2.75) is 13.5 Å². The van der Waals surface area contributed by atoms with Crippen LogP contribution in [0.15, 0.2) is 30.3 Å². The molecule has 0 saturated heterocycles. The fourth-order valence-electron chi connectivity index (χ4n) is 1.34. The summed E-state index contributed by atoms with van der Waals surface area (Å²) >= 11 is 3.49. The zero-order chi connectivity index (χ0) is 13.0. The van der Waals surface area contributed by atoms with Crippen molar-refractivity contribution in [1.29, 1.82) is 0 Å². The van der Waals surface area contributed by atoms with Gasteiger partial charge in [0.05, 0.1) is 11.4 Å². The van der Waals surface area contributed by atoms with Crippen molar-refractivity contribution in [3.05, 3.63) is 44.5 Å². The molecule has 0 aliphatic heterocycles. The van der Waals surface area contributed by atoms with E-state index in [1.54, 1.807) is 0 Å². The molecule has 1 heterocycles. The number of halogens is 1. The Morgan fingerprint density at radius 2 is 2.17 bits per heavy atom. The highest BCUT2D eigenvalue weighted by Gasteiger charge is 2.12. The highest BCUT2D eigenvalue weighted by molar-refractivity contribution is 14.1. The molecule has 1 aromatic heterocycles. The number of benzene rings is 1. The first-order chi connectivity index (χ1) is 8.66. The smallest absolute Gasteiger partial charge is 0.412 e. The zero-order valence-corrected chi connectivity index (χ0v) is 12.6. The molecule has 2 aromatic rings. The summed E-state index contributed by atoms with van der Waals surface area (Å²) in [5.74, 6) is 0. The summed E-state index contributed by atoms with van der Waals surface area (Å²) in [7, 11) is 0. The lowest BCUT2D eigenvalue weighted by atomic mass is 10.2. The Labute approximate surface area is 123 Å². The maximum Gasteiger partial charge on any atom is 0.412 e. The number of anilines is 1. The number of carbonyl (C=O) groups excluding carboxylic acids is 1. The van der Waals surface area contributed by atoms with Gasteiger partial charge in [-0.2, -0.15) is 4.37 Å². The summed E-state index contributed by atoms with van der Waals surface area (Å²) in [4.78, 5) is 11.6. The van der Waals surface area contributed by atoms with Crippen molar-refractivity contribution in [3.63, 3.8) is 0 Å². The first-order valence-corrected chi connectivity index (χ1v) is 7.11. The minimum Gasteiger partial charge on any atom is -0.444 e. The Balaban J connectivity index is 1.90. The van der Waals surface area contributed by atoms with Gasteiger partial charge in [-0.15, -0.1) is 0 Å². The van der Waals surface area contributed by atoms with Crippen LogP contribution in [0.4, 0.5) is 10.5 Å². The van der Waals surface area contributed by atoms with Crippen LogP contribution in [0.5, 0.6) is 0 Å². The third-order valence-electron chi connectivity index (χ3n) is 2.26. The largest absolute Gasteiger partial charge is 0.444 e. The number of hydrogen-bond donors (Lipinski definition) is 1. The molecular weight excluding hydrogens is 363 g/mol. The van der Waals surface area contributed by atoms with E-state index in [4.69, 9.17) is 4.74 Å². The summed E-state index contributed by atoms with van der Waals surface area (Å²) in [6.07, 6.45) is -0.458. The molecule has 0 aliphatic rings. The highest BCUT2D eigenvalue weighted by Crippen LogP contribution is 2.25. The number of aromatic nitrogens is 1. The Kier molecular flexibility index (Phi) is 4.54. The molecule has 94 valence electrons. The topological polar surface area (TPSA) is 51.2 Å². The fraction of sp³-hybridized carbons (Fsp3) is 0.167. The number of amides is 1. The number of aryl methyl sites for hydroxylation is 1. The third-order valence-corrected chi connectivity index (χ3v) is 4.12. The number of ether oxygens (including phenoxy) is 1. The van der Waals surface area contributed by atoms with Gasteiger partial charge in [-0.3, -0.25) is 5.32 Å². The Bertz CT molecular complexity index is 523.